The Hall–Kier alpha value is -14.2. The second-order valence-corrected chi connectivity index (χ2v) is 34.4. The third-order valence-corrected chi connectivity index (χ3v) is 29.0. The SMILES string of the molecule is c1ccc(-c2nc(-c3ccc(-c4ccncc4-n4c5ccccc5c5c6sc7ccccc7c6ccc54)c(-n4c5ccccc5c5c6sc7ccccc7c6ccc54)c3)cc(-c3ccc(-c4ccncc4-n4c5ccccc5c5c6sc7ccccc7c6ccc54)c(-n4c5ccccc5c5c6sc7ccccc7c6ccc54)c3)n2)cc1. The Morgan fingerprint density at radius 2 is 0.500 bits per heavy atom. The van der Waals surface area contributed by atoms with E-state index in [4.69, 9.17) is 19.9 Å². The van der Waals surface area contributed by atoms with Crippen molar-refractivity contribution in [2.75, 3.05) is 0 Å². The quantitative estimate of drug-likeness (QED) is 0.144. The van der Waals surface area contributed by atoms with Gasteiger partial charge in [0.2, 0.25) is 0 Å². The lowest BCUT2D eigenvalue weighted by Crippen LogP contribution is -2.03. The molecule has 0 aliphatic heterocycles. The van der Waals surface area contributed by atoms with Gasteiger partial charge in [-0.2, -0.15) is 0 Å². The molecule has 0 saturated carbocycles. The number of thiophene rings is 4. The number of rotatable bonds is 9. The number of nitrogens with zero attached hydrogens (tertiary/aromatic N) is 8. The van der Waals surface area contributed by atoms with Crippen molar-refractivity contribution >= 4 is 213 Å². The molecule has 0 amide bonds. The van der Waals surface area contributed by atoms with Gasteiger partial charge in [0, 0.05) is 175 Å². The summed E-state index contributed by atoms with van der Waals surface area (Å²) in [7, 11) is 0. The molecule has 0 aliphatic rings. The van der Waals surface area contributed by atoms with Crippen LogP contribution < -0.4 is 0 Å². The van der Waals surface area contributed by atoms with Crippen LogP contribution in [0.25, 0.3) is 247 Å². The third kappa shape index (κ3) is 9.17. The maximum atomic E-state index is 5.72. The molecular weight excluding hydrogens is 1490 g/mol. The third-order valence-electron chi connectivity index (χ3n) is 24.2. The van der Waals surface area contributed by atoms with Crippen LogP contribution in [0.3, 0.4) is 0 Å². The average molecular weight is 1550 g/mol. The van der Waals surface area contributed by atoms with Crippen LogP contribution in [-0.2, 0) is 0 Å². The van der Waals surface area contributed by atoms with Crippen LogP contribution in [0.2, 0.25) is 0 Å². The van der Waals surface area contributed by atoms with Crippen molar-refractivity contribution < 1.29 is 0 Å². The summed E-state index contributed by atoms with van der Waals surface area (Å²) < 4.78 is 20.1. The maximum absolute atomic E-state index is 5.72. The molecule has 15 aromatic carbocycles. The Morgan fingerprint density at radius 1 is 0.207 bits per heavy atom. The van der Waals surface area contributed by atoms with Gasteiger partial charge in [-0.25, -0.2) is 9.97 Å². The van der Waals surface area contributed by atoms with Gasteiger partial charge in [-0.15, -0.1) is 45.3 Å². The monoisotopic (exact) mass is 1550 g/mol. The zero-order valence-corrected chi connectivity index (χ0v) is 65.0. The second-order valence-electron chi connectivity index (χ2n) is 30.2. The highest BCUT2D eigenvalue weighted by molar-refractivity contribution is 7.28. The molecule has 26 aromatic rings. The van der Waals surface area contributed by atoms with E-state index >= 15 is 0 Å². The van der Waals surface area contributed by atoms with Crippen LogP contribution in [0.4, 0.5) is 0 Å². The van der Waals surface area contributed by atoms with Crippen LogP contribution in [0.1, 0.15) is 0 Å². The van der Waals surface area contributed by atoms with E-state index < -0.39 is 0 Å². The number of aromatic nitrogens is 8. The minimum Gasteiger partial charge on any atom is -0.309 e. The second kappa shape index (κ2) is 24.6. The predicted octanol–water partition coefficient (Wildman–Crippen LogP) is 29.5. The van der Waals surface area contributed by atoms with Crippen molar-refractivity contribution in [2.45, 2.75) is 0 Å². The molecular formula is C104H58N8S4. The summed E-state index contributed by atoms with van der Waals surface area (Å²) in [6, 6.07) is 121. The first kappa shape index (κ1) is 64.3. The molecule has 0 bridgehead atoms. The molecule has 0 spiro atoms. The van der Waals surface area contributed by atoms with Crippen molar-refractivity contribution in [3.05, 3.63) is 352 Å². The lowest BCUT2D eigenvalue weighted by molar-refractivity contribution is 1.13. The summed E-state index contributed by atoms with van der Waals surface area (Å²) in [5.41, 5.74) is 21.4. The van der Waals surface area contributed by atoms with Gasteiger partial charge in [-0.05, 0) is 103 Å². The van der Waals surface area contributed by atoms with Crippen molar-refractivity contribution in [1.29, 1.82) is 0 Å². The number of hydrogen-bond donors (Lipinski definition) is 0. The van der Waals surface area contributed by atoms with Gasteiger partial charge in [-0.3, -0.25) is 9.97 Å². The molecule has 11 aromatic heterocycles. The molecule has 0 saturated heterocycles. The van der Waals surface area contributed by atoms with Gasteiger partial charge < -0.3 is 18.3 Å². The van der Waals surface area contributed by atoms with E-state index in [1.807, 2.05) is 57.7 Å². The molecule has 0 N–H and O–H groups in total. The van der Waals surface area contributed by atoms with Crippen LogP contribution in [-0.4, -0.2) is 38.2 Å². The highest BCUT2D eigenvalue weighted by Crippen LogP contribution is 2.52. The highest BCUT2D eigenvalue weighted by atomic mass is 32.1. The molecule has 0 radical (unpaired) electrons. The van der Waals surface area contributed by atoms with Gasteiger partial charge in [0.1, 0.15) is 0 Å². The fraction of sp³-hybridized carbons (Fsp3) is 0. The topological polar surface area (TPSA) is 71.3 Å². The molecule has 0 atom stereocenters. The van der Waals surface area contributed by atoms with E-state index in [-0.39, 0.29) is 0 Å². The zero-order valence-electron chi connectivity index (χ0n) is 61.7. The summed E-state index contributed by atoms with van der Waals surface area (Å²) in [6.07, 6.45) is 8.04. The number of hydrogen-bond acceptors (Lipinski definition) is 8. The smallest absolute Gasteiger partial charge is 0.160 e. The van der Waals surface area contributed by atoms with E-state index in [1.165, 1.54) is 124 Å². The van der Waals surface area contributed by atoms with Gasteiger partial charge in [0.25, 0.3) is 0 Å². The summed E-state index contributed by atoms with van der Waals surface area (Å²) in [5.74, 6) is 0.619. The maximum Gasteiger partial charge on any atom is 0.160 e. The summed E-state index contributed by atoms with van der Waals surface area (Å²) >= 11 is 7.50. The normalized spacial score (nSPS) is 12.3. The van der Waals surface area contributed by atoms with Crippen LogP contribution in [0.5, 0.6) is 0 Å². The first-order chi connectivity index (χ1) is 57.6. The van der Waals surface area contributed by atoms with E-state index in [0.29, 0.717) is 5.82 Å². The molecule has 0 aliphatic carbocycles. The molecule has 26 rings (SSSR count). The molecule has 11 heterocycles. The van der Waals surface area contributed by atoms with Crippen LogP contribution in [0, 0.1) is 0 Å². The Balaban J connectivity index is 0.728. The molecule has 116 heavy (non-hydrogen) atoms. The Bertz CT molecular complexity index is 8270. The van der Waals surface area contributed by atoms with Gasteiger partial charge in [0.05, 0.1) is 90.7 Å². The summed E-state index contributed by atoms with van der Waals surface area (Å²) in [6.45, 7) is 0. The largest absolute Gasteiger partial charge is 0.309 e. The first-order valence-electron chi connectivity index (χ1n) is 39.0. The van der Waals surface area contributed by atoms with Gasteiger partial charge in [0.15, 0.2) is 5.82 Å². The molecule has 0 unspecified atom stereocenters. The lowest BCUT2D eigenvalue weighted by Gasteiger charge is -2.20. The van der Waals surface area contributed by atoms with Crippen molar-refractivity contribution in [1.82, 2.24) is 38.2 Å². The van der Waals surface area contributed by atoms with E-state index in [1.54, 1.807) is 0 Å². The van der Waals surface area contributed by atoms with E-state index in [9.17, 15) is 0 Å². The first-order valence-corrected chi connectivity index (χ1v) is 42.3. The van der Waals surface area contributed by atoms with Crippen LogP contribution in [0.15, 0.2) is 352 Å². The summed E-state index contributed by atoms with van der Waals surface area (Å²) in [5, 5.41) is 19.9. The fourth-order valence-electron chi connectivity index (χ4n) is 19.2. The minimum atomic E-state index is 0.619. The van der Waals surface area contributed by atoms with E-state index in [2.05, 4.69) is 358 Å². The van der Waals surface area contributed by atoms with Crippen molar-refractivity contribution in [2.24, 2.45) is 0 Å². The summed E-state index contributed by atoms with van der Waals surface area (Å²) in [4.78, 5) is 21.5. The Kier molecular flexibility index (Phi) is 13.7. The number of fused-ring (bicyclic) bond motifs is 28. The molecule has 0 fully saturated rings. The van der Waals surface area contributed by atoms with Gasteiger partial charge in [-0.1, -0.05) is 224 Å². The molecule has 12 heteroatoms. The standard InChI is InChI=1S/C104H58N8S4/c1-2-20-59(21-3-1)104-107-78(60-38-40-62(88(54-60)109-80-30-12-4-26-74(80)96-84(109)46-42-70-66-22-8-16-34-92(66)113-100(70)96)64-50-52-105-57-90(64)111-82-32-14-6-28-76(82)98-86(111)48-44-72-68-24-10-18-36-94(68)115-102(72)98)56-79(108-104)61-39-41-63(89(55-61)110-81-31-13-5-27-75(81)97-85(110)47-43-71-67-23-9-17-35-93(67)114-101(71)97)65-51-53-106-58-91(65)112-83-33-15-7-29-77(83)99-87(112)49-45-73-69-25-11-19-37-95(69)116-103(73)99/h1-58H. The average Bonchev–Trinajstić information content (AvgIpc) is 1.57. The zero-order chi connectivity index (χ0) is 75.5. The van der Waals surface area contributed by atoms with Crippen molar-refractivity contribution in [3.8, 4) is 78.9 Å². The molecule has 8 nitrogen and oxygen atoms in total. The Morgan fingerprint density at radius 3 is 0.845 bits per heavy atom. The van der Waals surface area contributed by atoms with Crippen LogP contribution >= 0.6 is 45.3 Å². The van der Waals surface area contributed by atoms with Crippen molar-refractivity contribution in [3.63, 3.8) is 0 Å². The number of para-hydroxylation sites is 4. The fourth-order valence-corrected chi connectivity index (χ4v) is 24.3. The Labute approximate surface area is 677 Å². The number of benzene rings is 15. The number of pyridine rings is 2. The minimum absolute atomic E-state index is 0.619. The van der Waals surface area contributed by atoms with E-state index in [0.717, 1.165) is 117 Å². The molecule has 538 valence electrons. The van der Waals surface area contributed by atoms with Gasteiger partial charge >= 0.3 is 0 Å². The highest BCUT2D eigenvalue weighted by Gasteiger charge is 2.29. The predicted molar refractivity (Wildman–Crippen MR) is 494 cm³/mol. The lowest BCUT2D eigenvalue weighted by atomic mass is 9.97.